The molecule has 0 N–H and O–H groups in total. The lowest BCUT2D eigenvalue weighted by molar-refractivity contribution is -0.00117. The molecule has 14 heavy (non-hydrogen) atoms. The molecule has 0 nitrogen and oxygen atoms in total. The van der Waals surface area contributed by atoms with Crippen LogP contribution in [0.1, 0.15) is 53.4 Å². The molecule has 5 atom stereocenters. The number of hydrogen-bond donors (Lipinski definition) is 0. The van der Waals surface area contributed by atoms with Gasteiger partial charge in [-0.3, -0.25) is 0 Å². The molecule has 2 rings (SSSR count). The van der Waals surface area contributed by atoms with Crippen LogP contribution in [0.3, 0.4) is 0 Å². The van der Waals surface area contributed by atoms with E-state index in [9.17, 15) is 0 Å². The van der Waals surface area contributed by atoms with Gasteiger partial charge in [-0.1, -0.05) is 27.7 Å². The minimum atomic E-state index is 0.883. The average molecular weight is 194 g/mol. The summed E-state index contributed by atoms with van der Waals surface area (Å²) in [6.07, 6.45) is 6.14. The molecule has 0 spiro atoms. The average Bonchev–Trinajstić information content (AvgIpc) is 2.14. The summed E-state index contributed by atoms with van der Waals surface area (Å²) in [5, 5.41) is 0. The van der Waals surface area contributed by atoms with Gasteiger partial charge in [-0.2, -0.15) is 0 Å². The van der Waals surface area contributed by atoms with E-state index < -0.39 is 0 Å². The van der Waals surface area contributed by atoms with E-state index in [0.717, 1.165) is 35.5 Å². The molecule has 0 aliphatic heterocycles. The van der Waals surface area contributed by atoms with Gasteiger partial charge in [-0.25, -0.2) is 0 Å². The molecule has 0 bridgehead atoms. The van der Waals surface area contributed by atoms with Crippen molar-refractivity contribution in [2.75, 3.05) is 0 Å². The van der Waals surface area contributed by atoms with Crippen LogP contribution < -0.4 is 0 Å². The van der Waals surface area contributed by atoms with Gasteiger partial charge in [0.25, 0.3) is 0 Å². The zero-order valence-corrected chi connectivity index (χ0v) is 10.3. The van der Waals surface area contributed by atoms with Gasteiger partial charge in [0.15, 0.2) is 0 Å². The first kappa shape index (κ1) is 10.5. The van der Waals surface area contributed by atoms with E-state index in [2.05, 4.69) is 27.7 Å². The molecule has 2 aliphatic carbocycles. The molecular formula is C14H26. The van der Waals surface area contributed by atoms with Crippen molar-refractivity contribution in [3.63, 3.8) is 0 Å². The highest BCUT2D eigenvalue weighted by Gasteiger charge is 2.43. The lowest BCUT2D eigenvalue weighted by atomic mass is 9.55. The van der Waals surface area contributed by atoms with E-state index in [4.69, 9.17) is 0 Å². The van der Waals surface area contributed by atoms with Gasteiger partial charge in [0.2, 0.25) is 0 Å². The van der Waals surface area contributed by atoms with Crippen molar-refractivity contribution >= 4 is 0 Å². The quantitative estimate of drug-likeness (QED) is 0.613. The van der Waals surface area contributed by atoms with Crippen LogP contribution in [0.25, 0.3) is 0 Å². The third-order valence-corrected chi connectivity index (χ3v) is 5.28. The molecule has 0 heterocycles. The van der Waals surface area contributed by atoms with Crippen molar-refractivity contribution in [1.82, 2.24) is 0 Å². The van der Waals surface area contributed by atoms with Crippen LogP contribution in [-0.4, -0.2) is 0 Å². The molecule has 0 radical (unpaired) electrons. The highest BCUT2D eigenvalue weighted by Crippen LogP contribution is 2.52. The lowest BCUT2D eigenvalue weighted by Gasteiger charge is -2.50. The Labute approximate surface area is 89.5 Å². The van der Waals surface area contributed by atoms with Crippen LogP contribution in [0.5, 0.6) is 0 Å². The molecule has 0 saturated heterocycles. The fourth-order valence-corrected chi connectivity index (χ4v) is 3.82. The molecule has 0 amide bonds. The molecule has 0 aromatic heterocycles. The van der Waals surface area contributed by atoms with Crippen LogP contribution in [0.4, 0.5) is 0 Å². The van der Waals surface area contributed by atoms with E-state index in [0.29, 0.717) is 0 Å². The molecule has 2 saturated carbocycles. The van der Waals surface area contributed by atoms with E-state index in [-0.39, 0.29) is 0 Å². The van der Waals surface area contributed by atoms with Crippen molar-refractivity contribution in [2.24, 2.45) is 35.5 Å². The van der Waals surface area contributed by atoms with Gasteiger partial charge in [0.05, 0.1) is 0 Å². The Hall–Kier alpha value is 0. The second-order valence-electron chi connectivity index (χ2n) is 6.31. The summed E-state index contributed by atoms with van der Waals surface area (Å²) in [4.78, 5) is 0. The maximum absolute atomic E-state index is 2.47. The molecule has 0 heteroatoms. The third kappa shape index (κ3) is 1.73. The predicted octanol–water partition coefficient (Wildman–Crippen LogP) is 4.35. The largest absolute Gasteiger partial charge is 0.0625 e. The summed E-state index contributed by atoms with van der Waals surface area (Å²) in [7, 11) is 0. The van der Waals surface area contributed by atoms with Crippen LogP contribution in [-0.2, 0) is 0 Å². The summed E-state index contributed by atoms with van der Waals surface area (Å²) < 4.78 is 0. The molecule has 2 fully saturated rings. The van der Waals surface area contributed by atoms with Gasteiger partial charge in [-0.15, -0.1) is 0 Å². The monoisotopic (exact) mass is 194 g/mol. The fraction of sp³-hybridized carbons (Fsp3) is 1.00. The van der Waals surface area contributed by atoms with Gasteiger partial charge >= 0.3 is 0 Å². The zero-order chi connectivity index (χ0) is 10.3. The second-order valence-corrected chi connectivity index (χ2v) is 6.31. The molecule has 0 aromatic rings. The first-order valence-electron chi connectivity index (χ1n) is 6.59. The minimum Gasteiger partial charge on any atom is -0.0625 e. The Balaban J connectivity index is 1.87. The van der Waals surface area contributed by atoms with E-state index in [1.165, 1.54) is 19.3 Å². The van der Waals surface area contributed by atoms with E-state index >= 15 is 0 Å². The Morgan fingerprint density at radius 1 is 1.00 bits per heavy atom. The maximum atomic E-state index is 2.47. The Morgan fingerprint density at radius 2 is 1.71 bits per heavy atom. The molecule has 0 aromatic carbocycles. The number of rotatable bonds is 2. The molecule has 2 aliphatic rings. The van der Waals surface area contributed by atoms with Crippen molar-refractivity contribution < 1.29 is 0 Å². The van der Waals surface area contributed by atoms with Gasteiger partial charge < -0.3 is 0 Å². The summed E-state index contributed by atoms with van der Waals surface area (Å²) in [6.45, 7) is 9.70. The summed E-state index contributed by atoms with van der Waals surface area (Å²) >= 11 is 0. The first-order valence-corrected chi connectivity index (χ1v) is 6.59. The topological polar surface area (TPSA) is 0 Å². The van der Waals surface area contributed by atoms with Crippen molar-refractivity contribution in [3.8, 4) is 0 Å². The SMILES string of the molecule is CC(C)C(C)C1CCC2C(C)CC2C1. The Kier molecular flexibility index (Phi) is 2.91. The van der Waals surface area contributed by atoms with Crippen LogP contribution >= 0.6 is 0 Å². The molecule has 5 unspecified atom stereocenters. The highest BCUT2D eigenvalue weighted by molar-refractivity contribution is 4.93. The van der Waals surface area contributed by atoms with Crippen LogP contribution in [0.15, 0.2) is 0 Å². The summed E-state index contributed by atoms with van der Waals surface area (Å²) in [5.41, 5.74) is 0. The molecular weight excluding hydrogens is 168 g/mol. The third-order valence-electron chi connectivity index (χ3n) is 5.28. The molecule has 82 valence electrons. The van der Waals surface area contributed by atoms with Crippen molar-refractivity contribution in [1.29, 1.82) is 0 Å². The lowest BCUT2D eigenvalue weighted by Crippen LogP contribution is -2.41. The van der Waals surface area contributed by atoms with E-state index in [1.807, 2.05) is 0 Å². The second kappa shape index (κ2) is 3.87. The minimum absolute atomic E-state index is 0.883. The van der Waals surface area contributed by atoms with Gasteiger partial charge in [0, 0.05) is 0 Å². The van der Waals surface area contributed by atoms with E-state index in [1.54, 1.807) is 6.42 Å². The number of fused-ring (bicyclic) bond motifs is 1. The Morgan fingerprint density at radius 3 is 2.21 bits per heavy atom. The number of hydrogen-bond acceptors (Lipinski definition) is 0. The van der Waals surface area contributed by atoms with Crippen LogP contribution in [0, 0.1) is 35.5 Å². The maximum Gasteiger partial charge on any atom is -0.0360 e. The fourth-order valence-electron chi connectivity index (χ4n) is 3.82. The smallest absolute Gasteiger partial charge is 0.0360 e. The van der Waals surface area contributed by atoms with Crippen molar-refractivity contribution in [2.45, 2.75) is 53.4 Å². The standard InChI is InChI=1S/C14H26/c1-9(2)11(4)12-5-6-14-10(3)7-13(14)8-12/h9-14H,5-8H2,1-4H3. The summed E-state index contributed by atoms with van der Waals surface area (Å²) in [6, 6.07) is 0. The predicted molar refractivity (Wildman–Crippen MR) is 62.1 cm³/mol. The zero-order valence-electron chi connectivity index (χ0n) is 10.3. The Bertz CT molecular complexity index is 194. The van der Waals surface area contributed by atoms with Crippen LogP contribution in [0.2, 0.25) is 0 Å². The highest BCUT2D eigenvalue weighted by atomic mass is 14.5. The summed E-state index contributed by atoms with van der Waals surface area (Å²) in [5.74, 6) is 6.16. The first-order chi connectivity index (χ1) is 6.59. The van der Waals surface area contributed by atoms with Crippen molar-refractivity contribution in [3.05, 3.63) is 0 Å². The van der Waals surface area contributed by atoms with Gasteiger partial charge in [-0.05, 0) is 61.2 Å². The van der Waals surface area contributed by atoms with Gasteiger partial charge in [0.1, 0.15) is 0 Å². The normalized spacial score (nSPS) is 44.4.